The lowest BCUT2D eigenvalue weighted by atomic mass is 10.1. The van der Waals surface area contributed by atoms with Crippen LogP contribution in [0.5, 0.6) is 0 Å². The van der Waals surface area contributed by atoms with Crippen LogP contribution in [0.2, 0.25) is 5.02 Å². The first-order valence-electron chi connectivity index (χ1n) is 6.12. The van der Waals surface area contributed by atoms with Gasteiger partial charge in [0.1, 0.15) is 0 Å². The quantitative estimate of drug-likeness (QED) is 0.757. The van der Waals surface area contributed by atoms with Crippen molar-refractivity contribution in [3.63, 3.8) is 0 Å². The van der Waals surface area contributed by atoms with Crippen molar-refractivity contribution in [1.29, 1.82) is 0 Å². The molecule has 21 heavy (non-hydrogen) atoms. The molecule has 0 bridgehead atoms. The molecule has 0 aliphatic rings. The van der Waals surface area contributed by atoms with Gasteiger partial charge in [-0.1, -0.05) is 41.9 Å². The van der Waals surface area contributed by atoms with Crippen LogP contribution in [0.25, 0.3) is 0 Å². The molecule has 1 unspecified atom stereocenters. The number of amides is 1. The highest BCUT2D eigenvalue weighted by molar-refractivity contribution is 6.33. The molecule has 2 aromatic rings. The van der Waals surface area contributed by atoms with Gasteiger partial charge in [0, 0.05) is 5.56 Å². The summed E-state index contributed by atoms with van der Waals surface area (Å²) in [4.78, 5) is 23.5. The van der Waals surface area contributed by atoms with Gasteiger partial charge in [-0.2, -0.15) is 0 Å². The summed E-state index contributed by atoms with van der Waals surface area (Å²) in [6.07, 6.45) is 0. The van der Waals surface area contributed by atoms with E-state index < -0.39 is 17.9 Å². The molecule has 0 fully saturated rings. The third-order valence-corrected chi connectivity index (χ3v) is 3.26. The standard InChI is InChI=1S/C15H13ClN2O3/c16-11-7-6-10(8-12(11)17)14(19)18-13(15(20)21)9-4-2-1-3-5-9/h1-8,13H,17H2,(H,18,19)(H,20,21). The van der Waals surface area contributed by atoms with Gasteiger partial charge in [0.25, 0.3) is 5.91 Å². The summed E-state index contributed by atoms with van der Waals surface area (Å²) in [6, 6.07) is 11.7. The van der Waals surface area contributed by atoms with Crippen molar-refractivity contribution < 1.29 is 14.7 Å². The predicted molar refractivity (Wildman–Crippen MR) is 80.1 cm³/mol. The van der Waals surface area contributed by atoms with Crippen LogP contribution in [0.4, 0.5) is 5.69 Å². The number of carbonyl (C=O) groups excluding carboxylic acids is 1. The molecule has 0 aromatic heterocycles. The Morgan fingerprint density at radius 2 is 1.81 bits per heavy atom. The highest BCUT2D eigenvalue weighted by Gasteiger charge is 2.22. The van der Waals surface area contributed by atoms with Gasteiger partial charge in [-0.3, -0.25) is 4.79 Å². The molecule has 0 radical (unpaired) electrons. The van der Waals surface area contributed by atoms with Crippen LogP contribution >= 0.6 is 11.6 Å². The number of nitrogens with one attached hydrogen (secondary N) is 1. The maximum Gasteiger partial charge on any atom is 0.330 e. The van der Waals surface area contributed by atoms with E-state index in [1.807, 2.05) is 0 Å². The van der Waals surface area contributed by atoms with Crippen LogP contribution in [-0.4, -0.2) is 17.0 Å². The van der Waals surface area contributed by atoms with E-state index in [0.717, 1.165) is 0 Å². The summed E-state index contributed by atoms with van der Waals surface area (Å²) >= 11 is 5.79. The number of aliphatic carboxylic acids is 1. The van der Waals surface area contributed by atoms with E-state index in [0.29, 0.717) is 10.6 Å². The Labute approximate surface area is 126 Å². The van der Waals surface area contributed by atoms with Gasteiger partial charge in [0.2, 0.25) is 0 Å². The minimum Gasteiger partial charge on any atom is -0.479 e. The van der Waals surface area contributed by atoms with Crippen molar-refractivity contribution in [2.75, 3.05) is 5.73 Å². The number of hydrogen-bond acceptors (Lipinski definition) is 3. The van der Waals surface area contributed by atoms with E-state index in [4.69, 9.17) is 17.3 Å². The van der Waals surface area contributed by atoms with Crippen molar-refractivity contribution >= 4 is 29.2 Å². The number of rotatable bonds is 4. The SMILES string of the molecule is Nc1cc(C(=O)NC(C(=O)O)c2ccccc2)ccc1Cl. The molecule has 108 valence electrons. The zero-order valence-electron chi connectivity index (χ0n) is 10.9. The van der Waals surface area contributed by atoms with Crippen LogP contribution in [0.3, 0.4) is 0 Å². The number of benzene rings is 2. The van der Waals surface area contributed by atoms with Gasteiger partial charge in [0.15, 0.2) is 6.04 Å². The molecule has 2 rings (SSSR count). The van der Waals surface area contributed by atoms with Gasteiger partial charge in [-0.05, 0) is 23.8 Å². The average Bonchev–Trinajstić information content (AvgIpc) is 2.48. The summed E-state index contributed by atoms with van der Waals surface area (Å²) in [5.41, 5.74) is 6.63. The molecule has 0 spiro atoms. The first kappa shape index (κ1) is 14.9. The van der Waals surface area contributed by atoms with Crippen LogP contribution < -0.4 is 11.1 Å². The molecule has 5 nitrogen and oxygen atoms in total. The second-order valence-corrected chi connectivity index (χ2v) is 4.80. The monoisotopic (exact) mass is 304 g/mol. The average molecular weight is 305 g/mol. The Morgan fingerprint density at radius 1 is 1.14 bits per heavy atom. The van der Waals surface area contributed by atoms with Gasteiger partial charge < -0.3 is 16.2 Å². The van der Waals surface area contributed by atoms with Crippen molar-refractivity contribution in [3.8, 4) is 0 Å². The Bertz CT molecular complexity index is 674. The molecule has 2 aromatic carbocycles. The number of halogens is 1. The molecule has 1 amide bonds. The highest BCUT2D eigenvalue weighted by Crippen LogP contribution is 2.20. The van der Waals surface area contributed by atoms with Crippen LogP contribution in [0.15, 0.2) is 48.5 Å². The van der Waals surface area contributed by atoms with Gasteiger partial charge in [0.05, 0.1) is 10.7 Å². The second kappa shape index (κ2) is 6.28. The van der Waals surface area contributed by atoms with Crippen LogP contribution in [0, 0.1) is 0 Å². The molecule has 0 saturated carbocycles. The third-order valence-electron chi connectivity index (χ3n) is 2.91. The smallest absolute Gasteiger partial charge is 0.330 e. The number of hydrogen-bond donors (Lipinski definition) is 3. The van der Waals surface area contributed by atoms with Gasteiger partial charge in [-0.15, -0.1) is 0 Å². The Morgan fingerprint density at radius 3 is 2.38 bits per heavy atom. The van der Waals surface area contributed by atoms with Crippen LogP contribution in [0.1, 0.15) is 22.0 Å². The summed E-state index contributed by atoms with van der Waals surface area (Å²) in [7, 11) is 0. The minimum atomic E-state index is -1.14. The number of carbonyl (C=O) groups is 2. The fourth-order valence-corrected chi connectivity index (χ4v) is 1.95. The van der Waals surface area contributed by atoms with E-state index in [9.17, 15) is 14.7 Å². The summed E-state index contributed by atoms with van der Waals surface area (Å²) in [6.45, 7) is 0. The molecule has 1 atom stereocenters. The zero-order chi connectivity index (χ0) is 15.4. The van der Waals surface area contributed by atoms with Crippen molar-refractivity contribution in [3.05, 3.63) is 64.7 Å². The first-order valence-corrected chi connectivity index (χ1v) is 6.50. The van der Waals surface area contributed by atoms with Gasteiger partial charge in [-0.25, -0.2) is 4.79 Å². The topological polar surface area (TPSA) is 92.4 Å². The maximum atomic E-state index is 12.1. The Hall–Kier alpha value is -2.53. The minimum absolute atomic E-state index is 0.249. The summed E-state index contributed by atoms with van der Waals surface area (Å²) < 4.78 is 0. The third kappa shape index (κ3) is 3.52. The largest absolute Gasteiger partial charge is 0.479 e. The van der Waals surface area contributed by atoms with E-state index in [1.54, 1.807) is 30.3 Å². The number of nitrogen functional groups attached to an aromatic ring is 1. The lowest BCUT2D eigenvalue weighted by molar-refractivity contribution is -0.139. The fourth-order valence-electron chi connectivity index (χ4n) is 1.83. The van der Waals surface area contributed by atoms with Gasteiger partial charge >= 0.3 is 5.97 Å². The van der Waals surface area contributed by atoms with Crippen molar-refractivity contribution in [2.24, 2.45) is 0 Å². The first-order chi connectivity index (χ1) is 9.99. The lowest BCUT2D eigenvalue weighted by Crippen LogP contribution is -2.33. The van der Waals surface area contributed by atoms with E-state index >= 15 is 0 Å². The highest BCUT2D eigenvalue weighted by atomic mass is 35.5. The predicted octanol–water partition coefficient (Wildman–Crippen LogP) is 2.48. The van der Waals surface area contributed by atoms with Crippen LogP contribution in [-0.2, 0) is 4.79 Å². The number of anilines is 1. The number of carboxylic acid groups (broad SMARTS) is 1. The molecule has 6 heteroatoms. The number of nitrogens with two attached hydrogens (primary N) is 1. The molecule has 0 heterocycles. The van der Waals surface area contributed by atoms with E-state index in [2.05, 4.69) is 5.32 Å². The number of carboxylic acids is 1. The normalized spacial score (nSPS) is 11.7. The second-order valence-electron chi connectivity index (χ2n) is 4.39. The van der Waals surface area contributed by atoms with Crippen molar-refractivity contribution in [1.82, 2.24) is 5.32 Å². The zero-order valence-corrected chi connectivity index (χ0v) is 11.7. The maximum absolute atomic E-state index is 12.1. The Balaban J connectivity index is 2.23. The molecule has 0 aliphatic heterocycles. The van der Waals surface area contributed by atoms with E-state index in [-0.39, 0.29) is 11.3 Å². The fraction of sp³-hybridized carbons (Fsp3) is 0.0667. The van der Waals surface area contributed by atoms with Crippen molar-refractivity contribution in [2.45, 2.75) is 6.04 Å². The summed E-state index contributed by atoms with van der Waals surface area (Å²) in [5, 5.41) is 12.1. The summed E-state index contributed by atoms with van der Waals surface area (Å²) in [5.74, 6) is -1.67. The molecule has 0 saturated heterocycles. The molecule has 0 aliphatic carbocycles. The molecular weight excluding hydrogens is 292 g/mol. The van der Waals surface area contributed by atoms with E-state index in [1.165, 1.54) is 18.2 Å². The molecule has 4 N–H and O–H groups in total. The lowest BCUT2D eigenvalue weighted by Gasteiger charge is -2.15. The Kier molecular flexibility index (Phi) is 4.45. The molecular formula is C15H13ClN2O3.